The highest BCUT2D eigenvalue weighted by atomic mass is 16.5. The van der Waals surface area contributed by atoms with E-state index in [1.54, 1.807) is 0 Å². The molecule has 1 aromatic carbocycles. The molecule has 0 aliphatic heterocycles. The molecule has 0 amide bonds. The second-order valence-corrected chi connectivity index (χ2v) is 4.00. The van der Waals surface area contributed by atoms with Gasteiger partial charge in [-0.1, -0.05) is 18.2 Å². The van der Waals surface area contributed by atoms with Crippen molar-refractivity contribution in [3.63, 3.8) is 0 Å². The standard InChI is InChI=1S/C13H19NO2/c1-2-4-13(5-3-1)16-11-10-15-9-8-14-12-6-7-12/h1-5,12,14H,6-11H2. The third kappa shape index (κ3) is 4.64. The van der Waals surface area contributed by atoms with Crippen LogP contribution in [0.15, 0.2) is 30.3 Å². The fourth-order valence-electron chi connectivity index (χ4n) is 1.46. The van der Waals surface area contributed by atoms with E-state index in [0.29, 0.717) is 13.2 Å². The Hall–Kier alpha value is -1.06. The Bertz CT molecular complexity index is 285. The molecule has 0 saturated heterocycles. The van der Waals surface area contributed by atoms with Crippen molar-refractivity contribution < 1.29 is 9.47 Å². The second-order valence-electron chi connectivity index (χ2n) is 4.00. The predicted molar refractivity (Wildman–Crippen MR) is 63.8 cm³/mol. The van der Waals surface area contributed by atoms with Crippen LogP contribution in [-0.4, -0.2) is 32.4 Å². The predicted octanol–water partition coefficient (Wildman–Crippen LogP) is 1.83. The number of para-hydroxylation sites is 1. The molecule has 0 heterocycles. The van der Waals surface area contributed by atoms with E-state index in [2.05, 4.69) is 5.32 Å². The molecule has 3 heteroatoms. The first-order valence-corrected chi connectivity index (χ1v) is 5.94. The van der Waals surface area contributed by atoms with Crippen LogP contribution < -0.4 is 10.1 Å². The molecule has 1 fully saturated rings. The lowest BCUT2D eigenvalue weighted by Gasteiger charge is -2.07. The zero-order valence-corrected chi connectivity index (χ0v) is 9.52. The first kappa shape index (κ1) is 11.4. The maximum atomic E-state index is 5.50. The van der Waals surface area contributed by atoms with Crippen molar-refractivity contribution in [2.75, 3.05) is 26.4 Å². The number of hydrogen-bond donors (Lipinski definition) is 1. The van der Waals surface area contributed by atoms with E-state index < -0.39 is 0 Å². The molecule has 0 bridgehead atoms. The number of nitrogens with one attached hydrogen (secondary N) is 1. The molecule has 0 spiro atoms. The summed E-state index contributed by atoms with van der Waals surface area (Å²) in [6.07, 6.45) is 2.66. The molecule has 1 N–H and O–H groups in total. The van der Waals surface area contributed by atoms with Crippen LogP contribution >= 0.6 is 0 Å². The molecule has 16 heavy (non-hydrogen) atoms. The third-order valence-electron chi connectivity index (χ3n) is 2.50. The van der Waals surface area contributed by atoms with Gasteiger partial charge in [0.15, 0.2) is 0 Å². The van der Waals surface area contributed by atoms with E-state index in [1.807, 2.05) is 30.3 Å². The minimum atomic E-state index is 0.618. The van der Waals surface area contributed by atoms with Gasteiger partial charge in [0, 0.05) is 12.6 Å². The summed E-state index contributed by atoms with van der Waals surface area (Å²) in [5, 5.41) is 3.40. The molecule has 3 nitrogen and oxygen atoms in total. The van der Waals surface area contributed by atoms with Crippen molar-refractivity contribution in [2.24, 2.45) is 0 Å². The summed E-state index contributed by atoms with van der Waals surface area (Å²) in [5.41, 5.74) is 0. The molecular formula is C13H19NO2. The third-order valence-corrected chi connectivity index (χ3v) is 2.50. The van der Waals surface area contributed by atoms with Crippen LogP contribution in [0.2, 0.25) is 0 Å². The molecule has 0 radical (unpaired) electrons. The lowest BCUT2D eigenvalue weighted by Crippen LogP contribution is -2.22. The smallest absolute Gasteiger partial charge is 0.119 e. The van der Waals surface area contributed by atoms with Crippen LogP contribution in [0.25, 0.3) is 0 Å². The quantitative estimate of drug-likeness (QED) is 0.679. The van der Waals surface area contributed by atoms with Crippen molar-refractivity contribution in [2.45, 2.75) is 18.9 Å². The monoisotopic (exact) mass is 221 g/mol. The minimum Gasteiger partial charge on any atom is -0.491 e. The zero-order valence-electron chi connectivity index (χ0n) is 9.52. The number of rotatable bonds is 8. The van der Waals surface area contributed by atoms with Gasteiger partial charge in [0.05, 0.1) is 13.2 Å². The molecule has 1 aliphatic carbocycles. The van der Waals surface area contributed by atoms with Crippen LogP contribution in [0.1, 0.15) is 12.8 Å². The average molecular weight is 221 g/mol. The van der Waals surface area contributed by atoms with Gasteiger partial charge in [0.25, 0.3) is 0 Å². The van der Waals surface area contributed by atoms with E-state index in [4.69, 9.17) is 9.47 Å². The summed E-state index contributed by atoms with van der Waals surface area (Å²) < 4.78 is 10.9. The first-order chi connectivity index (χ1) is 7.95. The molecule has 0 unspecified atom stereocenters. The fourth-order valence-corrected chi connectivity index (χ4v) is 1.46. The minimum absolute atomic E-state index is 0.618. The Morgan fingerprint density at radius 1 is 1.06 bits per heavy atom. The Morgan fingerprint density at radius 2 is 1.88 bits per heavy atom. The highest BCUT2D eigenvalue weighted by Crippen LogP contribution is 2.17. The Balaban J connectivity index is 1.42. The van der Waals surface area contributed by atoms with Crippen molar-refractivity contribution in [1.82, 2.24) is 5.32 Å². The summed E-state index contributed by atoms with van der Waals surface area (Å²) in [7, 11) is 0. The summed E-state index contributed by atoms with van der Waals surface area (Å²) in [4.78, 5) is 0. The molecule has 1 aromatic rings. The largest absolute Gasteiger partial charge is 0.491 e. The number of hydrogen-bond acceptors (Lipinski definition) is 3. The highest BCUT2D eigenvalue weighted by Gasteiger charge is 2.19. The summed E-state index contributed by atoms with van der Waals surface area (Å²) in [5.74, 6) is 0.905. The Morgan fingerprint density at radius 3 is 2.62 bits per heavy atom. The van der Waals surface area contributed by atoms with Crippen molar-refractivity contribution in [1.29, 1.82) is 0 Å². The highest BCUT2D eigenvalue weighted by molar-refractivity contribution is 5.20. The van der Waals surface area contributed by atoms with E-state index in [0.717, 1.165) is 24.9 Å². The first-order valence-electron chi connectivity index (χ1n) is 5.94. The van der Waals surface area contributed by atoms with E-state index >= 15 is 0 Å². The maximum absolute atomic E-state index is 5.50. The van der Waals surface area contributed by atoms with E-state index in [-0.39, 0.29) is 0 Å². The SMILES string of the molecule is c1ccc(OCCOCCNC2CC2)cc1. The molecule has 1 aliphatic rings. The second kappa shape index (κ2) is 6.51. The zero-order chi connectivity index (χ0) is 11.1. The van der Waals surface area contributed by atoms with Crippen LogP contribution in [-0.2, 0) is 4.74 Å². The van der Waals surface area contributed by atoms with E-state index in [1.165, 1.54) is 12.8 Å². The van der Waals surface area contributed by atoms with Gasteiger partial charge in [0.1, 0.15) is 12.4 Å². The van der Waals surface area contributed by atoms with Crippen LogP contribution in [0, 0.1) is 0 Å². The van der Waals surface area contributed by atoms with E-state index in [9.17, 15) is 0 Å². The summed E-state index contributed by atoms with van der Waals surface area (Å²) in [6.45, 7) is 3.00. The van der Waals surface area contributed by atoms with Crippen molar-refractivity contribution in [3.8, 4) is 5.75 Å². The normalized spacial score (nSPS) is 15.0. The number of ether oxygens (including phenoxy) is 2. The van der Waals surface area contributed by atoms with Gasteiger partial charge in [-0.25, -0.2) is 0 Å². The topological polar surface area (TPSA) is 30.5 Å². The molecule has 0 aromatic heterocycles. The molecule has 88 valence electrons. The number of benzene rings is 1. The Labute approximate surface area is 96.8 Å². The van der Waals surface area contributed by atoms with Gasteiger partial charge in [-0.2, -0.15) is 0 Å². The van der Waals surface area contributed by atoms with Gasteiger partial charge < -0.3 is 14.8 Å². The molecular weight excluding hydrogens is 202 g/mol. The van der Waals surface area contributed by atoms with Gasteiger partial charge in [-0.15, -0.1) is 0 Å². The molecule has 2 rings (SSSR count). The maximum Gasteiger partial charge on any atom is 0.119 e. The van der Waals surface area contributed by atoms with Crippen LogP contribution in [0.4, 0.5) is 0 Å². The van der Waals surface area contributed by atoms with Gasteiger partial charge in [-0.3, -0.25) is 0 Å². The van der Waals surface area contributed by atoms with Gasteiger partial charge in [-0.05, 0) is 25.0 Å². The summed E-state index contributed by atoms with van der Waals surface area (Å²) >= 11 is 0. The lowest BCUT2D eigenvalue weighted by molar-refractivity contribution is 0.102. The van der Waals surface area contributed by atoms with Gasteiger partial charge >= 0.3 is 0 Å². The van der Waals surface area contributed by atoms with Gasteiger partial charge in [0.2, 0.25) is 0 Å². The molecule has 0 atom stereocenters. The molecule has 1 saturated carbocycles. The Kier molecular flexibility index (Phi) is 4.65. The van der Waals surface area contributed by atoms with Crippen molar-refractivity contribution in [3.05, 3.63) is 30.3 Å². The van der Waals surface area contributed by atoms with Crippen LogP contribution in [0.5, 0.6) is 5.75 Å². The van der Waals surface area contributed by atoms with Crippen molar-refractivity contribution >= 4 is 0 Å². The summed E-state index contributed by atoms with van der Waals surface area (Å²) in [6, 6.07) is 10.6. The lowest BCUT2D eigenvalue weighted by atomic mass is 10.3. The van der Waals surface area contributed by atoms with Crippen LogP contribution in [0.3, 0.4) is 0 Å². The fraction of sp³-hybridized carbons (Fsp3) is 0.538. The average Bonchev–Trinajstić information content (AvgIpc) is 3.13.